The van der Waals surface area contributed by atoms with E-state index in [1.807, 2.05) is 12.3 Å². The molecule has 0 radical (unpaired) electrons. The standard InChI is InChI=1S/C17H26N4/c1-3-7-18-17-19-12-14-11-16-13(10-15(14)20-17)6-5-9-21(16)8-4-2/h3,12-13,16H,1,4-11H2,2H3,(H,18,19,20)/t13-,16-/m0/s1. The minimum atomic E-state index is 0.710. The minimum absolute atomic E-state index is 0.710. The van der Waals surface area contributed by atoms with Crippen LogP contribution in [-0.4, -0.2) is 40.5 Å². The Morgan fingerprint density at radius 2 is 2.38 bits per heavy atom. The van der Waals surface area contributed by atoms with Crippen LogP contribution in [0.25, 0.3) is 0 Å². The van der Waals surface area contributed by atoms with Crippen molar-refractivity contribution in [1.82, 2.24) is 14.9 Å². The van der Waals surface area contributed by atoms with Crippen LogP contribution < -0.4 is 5.32 Å². The summed E-state index contributed by atoms with van der Waals surface area (Å²) in [4.78, 5) is 11.9. The number of likely N-dealkylation sites (tertiary alicyclic amines) is 1. The second kappa shape index (κ2) is 6.56. The molecule has 0 bridgehead atoms. The summed E-state index contributed by atoms with van der Waals surface area (Å²) in [5, 5.41) is 3.19. The van der Waals surface area contributed by atoms with Crippen LogP contribution in [0, 0.1) is 5.92 Å². The van der Waals surface area contributed by atoms with E-state index in [-0.39, 0.29) is 0 Å². The highest BCUT2D eigenvalue weighted by atomic mass is 15.2. The summed E-state index contributed by atoms with van der Waals surface area (Å²) in [6.45, 7) is 9.22. The van der Waals surface area contributed by atoms with Gasteiger partial charge in [-0.15, -0.1) is 6.58 Å². The minimum Gasteiger partial charge on any atom is -0.351 e. The molecule has 1 aromatic rings. The smallest absolute Gasteiger partial charge is 0.223 e. The summed E-state index contributed by atoms with van der Waals surface area (Å²) in [6.07, 6.45) is 10.0. The highest BCUT2D eigenvalue weighted by Gasteiger charge is 2.35. The van der Waals surface area contributed by atoms with Crippen molar-refractivity contribution < 1.29 is 0 Å². The van der Waals surface area contributed by atoms with E-state index in [2.05, 4.69) is 28.7 Å². The summed E-state index contributed by atoms with van der Waals surface area (Å²) in [7, 11) is 0. The molecular formula is C17H26N4. The molecule has 114 valence electrons. The second-order valence-corrected chi connectivity index (χ2v) is 6.25. The van der Waals surface area contributed by atoms with Crippen LogP contribution in [0.15, 0.2) is 18.9 Å². The number of rotatable bonds is 5. The van der Waals surface area contributed by atoms with Gasteiger partial charge < -0.3 is 5.32 Å². The molecule has 1 fully saturated rings. The molecule has 0 amide bonds. The van der Waals surface area contributed by atoms with Gasteiger partial charge in [0.15, 0.2) is 0 Å². The zero-order valence-corrected chi connectivity index (χ0v) is 13.0. The number of anilines is 1. The number of aromatic nitrogens is 2. The number of hydrogen-bond donors (Lipinski definition) is 1. The summed E-state index contributed by atoms with van der Waals surface area (Å²) < 4.78 is 0. The summed E-state index contributed by atoms with van der Waals surface area (Å²) in [5.74, 6) is 1.52. The molecule has 1 saturated heterocycles. The van der Waals surface area contributed by atoms with Crippen LogP contribution in [0.5, 0.6) is 0 Å². The van der Waals surface area contributed by atoms with Gasteiger partial charge in [-0.25, -0.2) is 9.97 Å². The zero-order chi connectivity index (χ0) is 14.7. The van der Waals surface area contributed by atoms with Gasteiger partial charge in [0.1, 0.15) is 0 Å². The molecule has 21 heavy (non-hydrogen) atoms. The van der Waals surface area contributed by atoms with Crippen molar-refractivity contribution in [2.24, 2.45) is 5.92 Å². The van der Waals surface area contributed by atoms with E-state index in [9.17, 15) is 0 Å². The highest BCUT2D eigenvalue weighted by Crippen LogP contribution is 2.34. The fourth-order valence-corrected chi connectivity index (χ4v) is 3.82. The van der Waals surface area contributed by atoms with Gasteiger partial charge in [-0.1, -0.05) is 13.0 Å². The van der Waals surface area contributed by atoms with Crippen LogP contribution in [0.4, 0.5) is 5.95 Å². The van der Waals surface area contributed by atoms with E-state index in [0.717, 1.165) is 31.3 Å². The first kappa shape index (κ1) is 14.5. The molecular weight excluding hydrogens is 260 g/mol. The molecule has 2 heterocycles. The molecule has 0 unspecified atom stereocenters. The molecule has 3 rings (SSSR count). The van der Waals surface area contributed by atoms with Gasteiger partial charge in [-0.2, -0.15) is 0 Å². The molecule has 0 saturated carbocycles. The Balaban J connectivity index is 1.77. The maximum absolute atomic E-state index is 4.72. The number of fused-ring (bicyclic) bond motifs is 2. The van der Waals surface area contributed by atoms with E-state index in [0.29, 0.717) is 6.04 Å². The maximum atomic E-state index is 4.72. The Labute approximate surface area is 127 Å². The predicted octanol–water partition coefficient (Wildman–Crippen LogP) is 2.66. The van der Waals surface area contributed by atoms with Crippen LogP contribution in [-0.2, 0) is 12.8 Å². The van der Waals surface area contributed by atoms with Crippen molar-refractivity contribution >= 4 is 5.95 Å². The third kappa shape index (κ3) is 3.10. The lowest BCUT2D eigenvalue weighted by atomic mass is 9.77. The van der Waals surface area contributed by atoms with E-state index in [1.165, 1.54) is 43.6 Å². The molecule has 0 spiro atoms. The number of piperidine rings is 1. The predicted molar refractivity (Wildman–Crippen MR) is 86.5 cm³/mol. The van der Waals surface area contributed by atoms with Gasteiger partial charge in [0.05, 0.1) is 0 Å². The third-order valence-corrected chi connectivity index (χ3v) is 4.79. The van der Waals surface area contributed by atoms with Crippen LogP contribution in [0.2, 0.25) is 0 Å². The van der Waals surface area contributed by atoms with Gasteiger partial charge in [-0.3, -0.25) is 4.90 Å². The quantitative estimate of drug-likeness (QED) is 0.845. The van der Waals surface area contributed by atoms with Crippen molar-refractivity contribution in [2.75, 3.05) is 25.0 Å². The number of hydrogen-bond acceptors (Lipinski definition) is 4. The molecule has 0 aromatic carbocycles. The second-order valence-electron chi connectivity index (χ2n) is 6.25. The fourth-order valence-electron chi connectivity index (χ4n) is 3.82. The Bertz CT molecular complexity index is 498. The summed E-state index contributed by atoms with van der Waals surface area (Å²) in [5.41, 5.74) is 2.61. The summed E-state index contributed by atoms with van der Waals surface area (Å²) in [6, 6.07) is 0.710. The summed E-state index contributed by atoms with van der Waals surface area (Å²) >= 11 is 0. The molecule has 2 aliphatic rings. The van der Waals surface area contributed by atoms with E-state index in [4.69, 9.17) is 4.98 Å². The van der Waals surface area contributed by atoms with Crippen molar-refractivity contribution in [3.8, 4) is 0 Å². The number of nitrogens with one attached hydrogen (secondary N) is 1. The van der Waals surface area contributed by atoms with Crippen LogP contribution in [0.3, 0.4) is 0 Å². The largest absolute Gasteiger partial charge is 0.351 e. The zero-order valence-electron chi connectivity index (χ0n) is 13.0. The molecule has 1 aromatic heterocycles. The van der Waals surface area contributed by atoms with Crippen molar-refractivity contribution in [3.05, 3.63) is 30.1 Å². The average Bonchev–Trinajstić information content (AvgIpc) is 2.51. The van der Waals surface area contributed by atoms with Gasteiger partial charge in [0.2, 0.25) is 5.95 Å². The van der Waals surface area contributed by atoms with Gasteiger partial charge >= 0.3 is 0 Å². The van der Waals surface area contributed by atoms with E-state index in [1.54, 1.807) is 0 Å². The van der Waals surface area contributed by atoms with E-state index >= 15 is 0 Å². The Morgan fingerprint density at radius 3 is 3.19 bits per heavy atom. The molecule has 2 atom stereocenters. The van der Waals surface area contributed by atoms with Gasteiger partial charge in [-0.05, 0) is 56.7 Å². The van der Waals surface area contributed by atoms with Crippen molar-refractivity contribution in [1.29, 1.82) is 0 Å². The van der Waals surface area contributed by atoms with Crippen molar-refractivity contribution in [3.63, 3.8) is 0 Å². The molecule has 1 N–H and O–H groups in total. The SMILES string of the molecule is C=CCNc1ncc2c(n1)C[C@@H]1CCCN(CCC)[C@H]1C2. The molecule has 4 nitrogen and oxygen atoms in total. The normalized spacial score (nSPS) is 25.0. The van der Waals surface area contributed by atoms with Crippen LogP contribution >= 0.6 is 0 Å². The first-order chi connectivity index (χ1) is 10.3. The highest BCUT2D eigenvalue weighted by molar-refractivity contribution is 5.33. The fraction of sp³-hybridized carbons (Fsp3) is 0.647. The average molecular weight is 286 g/mol. The lowest BCUT2D eigenvalue weighted by molar-refractivity contribution is 0.0845. The van der Waals surface area contributed by atoms with E-state index < -0.39 is 0 Å². The first-order valence-corrected chi connectivity index (χ1v) is 8.25. The lowest BCUT2D eigenvalue weighted by Gasteiger charge is -2.44. The third-order valence-electron chi connectivity index (χ3n) is 4.79. The first-order valence-electron chi connectivity index (χ1n) is 8.25. The van der Waals surface area contributed by atoms with Gasteiger partial charge in [0, 0.05) is 24.5 Å². The Kier molecular flexibility index (Phi) is 4.54. The van der Waals surface area contributed by atoms with Crippen molar-refractivity contribution in [2.45, 2.75) is 45.1 Å². The molecule has 1 aliphatic carbocycles. The lowest BCUT2D eigenvalue weighted by Crippen LogP contribution is -2.49. The Hall–Kier alpha value is -1.42. The topological polar surface area (TPSA) is 41.1 Å². The monoisotopic (exact) mass is 286 g/mol. The maximum Gasteiger partial charge on any atom is 0.223 e. The Morgan fingerprint density at radius 1 is 1.48 bits per heavy atom. The van der Waals surface area contributed by atoms with Gasteiger partial charge in [0.25, 0.3) is 0 Å². The number of nitrogens with zero attached hydrogens (tertiary/aromatic N) is 3. The molecule has 4 heteroatoms. The van der Waals surface area contributed by atoms with Crippen LogP contribution in [0.1, 0.15) is 37.4 Å². The molecule has 1 aliphatic heterocycles.